The molecule has 9 heteroatoms. The van der Waals surface area contributed by atoms with E-state index in [-0.39, 0.29) is 29.9 Å². The Bertz CT molecular complexity index is 995. The Morgan fingerprint density at radius 1 is 1.28 bits per heavy atom. The second-order valence-corrected chi connectivity index (χ2v) is 9.29. The summed E-state index contributed by atoms with van der Waals surface area (Å²) in [7, 11) is -1.61. The SMILES string of the molecule is CCCN(C(=O)COC(=O)c1oc2ccccc2c1COC)C1CCS(=O)(=O)C1. The van der Waals surface area contributed by atoms with E-state index in [2.05, 4.69) is 0 Å². The number of nitrogens with zero attached hydrogens (tertiary/aromatic N) is 1. The highest BCUT2D eigenvalue weighted by Crippen LogP contribution is 2.27. The summed E-state index contributed by atoms with van der Waals surface area (Å²) in [5.74, 6) is -1.13. The monoisotopic (exact) mass is 423 g/mol. The number of para-hydroxylation sites is 1. The van der Waals surface area contributed by atoms with E-state index in [1.807, 2.05) is 19.1 Å². The van der Waals surface area contributed by atoms with Crippen LogP contribution in [0.5, 0.6) is 0 Å². The summed E-state index contributed by atoms with van der Waals surface area (Å²) in [5.41, 5.74) is 1.09. The zero-order valence-corrected chi connectivity index (χ0v) is 17.4. The topological polar surface area (TPSA) is 103 Å². The van der Waals surface area contributed by atoms with Crippen molar-refractivity contribution >= 4 is 32.7 Å². The van der Waals surface area contributed by atoms with Gasteiger partial charge in [0.05, 0.1) is 18.1 Å². The van der Waals surface area contributed by atoms with Crippen LogP contribution < -0.4 is 0 Å². The highest BCUT2D eigenvalue weighted by atomic mass is 32.2. The zero-order chi connectivity index (χ0) is 21.0. The number of esters is 1. The molecule has 1 fully saturated rings. The summed E-state index contributed by atoms with van der Waals surface area (Å²) in [4.78, 5) is 26.7. The van der Waals surface area contributed by atoms with Crippen LogP contribution in [0.3, 0.4) is 0 Å². The van der Waals surface area contributed by atoms with Crippen molar-refractivity contribution < 1.29 is 31.9 Å². The van der Waals surface area contributed by atoms with Gasteiger partial charge >= 0.3 is 5.97 Å². The van der Waals surface area contributed by atoms with Gasteiger partial charge in [-0.15, -0.1) is 0 Å². The number of hydrogen-bond donors (Lipinski definition) is 0. The summed E-state index contributed by atoms with van der Waals surface area (Å²) >= 11 is 0. The molecule has 2 aromatic rings. The Balaban J connectivity index is 1.71. The summed E-state index contributed by atoms with van der Waals surface area (Å²) in [6.07, 6.45) is 1.08. The first-order chi connectivity index (χ1) is 13.9. The predicted molar refractivity (Wildman–Crippen MR) is 106 cm³/mol. The van der Waals surface area contributed by atoms with Crippen molar-refractivity contribution in [2.24, 2.45) is 0 Å². The molecular weight excluding hydrogens is 398 g/mol. The summed E-state index contributed by atoms with van der Waals surface area (Å²) in [6, 6.07) is 6.80. The van der Waals surface area contributed by atoms with Crippen LogP contribution in [-0.4, -0.2) is 63.0 Å². The van der Waals surface area contributed by atoms with Crippen LogP contribution in [0.25, 0.3) is 11.0 Å². The molecule has 1 saturated heterocycles. The first kappa shape index (κ1) is 21.3. The number of sulfone groups is 1. The smallest absolute Gasteiger partial charge is 0.375 e. The van der Waals surface area contributed by atoms with Gasteiger partial charge in [0, 0.05) is 30.6 Å². The second kappa shape index (κ2) is 8.96. The van der Waals surface area contributed by atoms with Gasteiger partial charge in [-0.05, 0) is 18.9 Å². The zero-order valence-electron chi connectivity index (χ0n) is 16.5. The number of carbonyl (C=O) groups is 2. The Hall–Kier alpha value is -2.39. The quantitative estimate of drug-likeness (QED) is 0.600. The first-order valence-corrected chi connectivity index (χ1v) is 11.3. The predicted octanol–water partition coefficient (Wildman–Crippen LogP) is 2.16. The maximum Gasteiger partial charge on any atom is 0.375 e. The van der Waals surface area contributed by atoms with E-state index in [9.17, 15) is 18.0 Å². The molecule has 158 valence electrons. The number of methoxy groups -OCH3 is 1. The molecule has 8 nitrogen and oxygen atoms in total. The van der Waals surface area contributed by atoms with Crippen LogP contribution in [0.2, 0.25) is 0 Å². The first-order valence-electron chi connectivity index (χ1n) is 9.52. The molecule has 0 bridgehead atoms. The van der Waals surface area contributed by atoms with Crippen LogP contribution in [-0.2, 0) is 30.7 Å². The summed E-state index contributed by atoms with van der Waals surface area (Å²) in [6.45, 7) is 2.01. The number of carbonyl (C=O) groups excluding carboxylic acids is 2. The average molecular weight is 423 g/mol. The van der Waals surface area contributed by atoms with Gasteiger partial charge in [0.2, 0.25) is 5.76 Å². The maximum atomic E-state index is 12.6. The molecular formula is C20H25NO7S. The molecule has 0 spiro atoms. The second-order valence-electron chi connectivity index (χ2n) is 7.06. The van der Waals surface area contributed by atoms with Crippen molar-refractivity contribution in [2.45, 2.75) is 32.4 Å². The molecule has 0 aliphatic carbocycles. The molecule has 1 unspecified atom stereocenters. The molecule has 1 aromatic carbocycles. The Kier molecular flexibility index (Phi) is 6.59. The van der Waals surface area contributed by atoms with Crippen molar-refractivity contribution in [3.63, 3.8) is 0 Å². The molecule has 3 rings (SSSR count). The van der Waals surface area contributed by atoms with Gasteiger partial charge in [0.15, 0.2) is 16.4 Å². The summed E-state index contributed by atoms with van der Waals surface area (Å²) in [5, 5.41) is 0.747. The highest BCUT2D eigenvalue weighted by molar-refractivity contribution is 7.91. The lowest BCUT2D eigenvalue weighted by Gasteiger charge is -2.27. The number of hydrogen-bond acceptors (Lipinski definition) is 7. The molecule has 29 heavy (non-hydrogen) atoms. The van der Waals surface area contributed by atoms with E-state index in [0.29, 0.717) is 30.5 Å². The Morgan fingerprint density at radius 3 is 2.69 bits per heavy atom. The fourth-order valence-corrected chi connectivity index (χ4v) is 5.33. The van der Waals surface area contributed by atoms with E-state index in [0.717, 1.165) is 5.39 Å². The molecule has 1 aliphatic heterocycles. The lowest BCUT2D eigenvalue weighted by molar-refractivity contribution is -0.136. The molecule has 1 amide bonds. The van der Waals surface area contributed by atoms with Crippen LogP contribution in [0.4, 0.5) is 0 Å². The van der Waals surface area contributed by atoms with Crippen LogP contribution in [0, 0.1) is 0 Å². The average Bonchev–Trinajstić information content (AvgIpc) is 3.24. The minimum Gasteiger partial charge on any atom is -0.450 e. The van der Waals surface area contributed by atoms with Gasteiger partial charge in [0.25, 0.3) is 5.91 Å². The summed E-state index contributed by atoms with van der Waals surface area (Å²) < 4.78 is 39.5. The van der Waals surface area contributed by atoms with Crippen molar-refractivity contribution in [1.29, 1.82) is 0 Å². The molecule has 1 aliphatic rings. The minimum absolute atomic E-state index is 0.00587. The van der Waals surface area contributed by atoms with E-state index < -0.39 is 28.3 Å². The van der Waals surface area contributed by atoms with Crippen LogP contribution in [0.15, 0.2) is 28.7 Å². The van der Waals surface area contributed by atoms with Gasteiger partial charge in [-0.25, -0.2) is 13.2 Å². The van der Waals surface area contributed by atoms with E-state index in [4.69, 9.17) is 13.9 Å². The highest BCUT2D eigenvalue weighted by Gasteiger charge is 2.34. The fraction of sp³-hybridized carbons (Fsp3) is 0.500. The number of benzene rings is 1. The Morgan fingerprint density at radius 2 is 2.03 bits per heavy atom. The molecule has 1 aromatic heterocycles. The van der Waals surface area contributed by atoms with Gasteiger partial charge in [-0.2, -0.15) is 0 Å². The van der Waals surface area contributed by atoms with Gasteiger partial charge in [0.1, 0.15) is 5.58 Å². The molecule has 1 atom stereocenters. The third-order valence-corrected chi connectivity index (χ3v) is 6.68. The third kappa shape index (κ3) is 4.79. The van der Waals surface area contributed by atoms with Crippen molar-refractivity contribution in [3.8, 4) is 0 Å². The number of furan rings is 1. The standard InChI is InChI=1S/C20H25NO7S/c1-3-9-21(14-8-10-29(24,25)13-14)18(22)12-27-20(23)19-16(11-26-2)15-6-4-5-7-17(15)28-19/h4-7,14H,3,8-13H2,1-2H3. The largest absolute Gasteiger partial charge is 0.450 e. The molecule has 0 N–H and O–H groups in total. The normalized spacial score (nSPS) is 18.1. The molecule has 2 heterocycles. The number of fused-ring (bicyclic) bond motifs is 1. The van der Waals surface area contributed by atoms with Gasteiger partial charge < -0.3 is 18.8 Å². The lowest BCUT2D eigenvalue weighted by atomic mass is 10.1. The van der Waals surface area contributed by atoms with E-state index in [1.165, 1.54) is 12.0 Å². The fourth-order valence-electron chi connectivity index (χ4n) is 3.60. The molecule has 0 radical (unpaired) electrons. The van der Waals surface area contributed by atoms with Crippen LogP contribution in [0.1, 0.15) is 35.9 Å². The lowest BCUT2D eigenvalue weighted by Crippen LogP contribution is -2.43. The van der Waals surface area contributed by atoms with Gasteiger partial charge in [-0.3, -0.25) is 4.79 Å². The van der Waals surface area contributed by atoms with Crippen molar-refractivity contribution in [1.82, 2.24) is 4.90 Å². The minimum atomic E-state index is -3.12. The third-order valence-electron chi connectivity index (χ3n) is 4.93. The molecule has 0 saturated carbocycles. The number of ether oxygens (including phenoxy) is 2. The van der Waals surface area contributed by atoms with E-state index >= 15 is 0 Å². The van der Waals surface area contributed by atoms with Crippen LogP contribution >= 0.6 is 0 Å². The Labute approximate surface area is 169 Å². The maximum absolute atomic E-state index is 12.6. The number of amides is 1. The van der Waals surface area contributed by atoms with E-state index in [1.54, 1.807) is 12.1 Å². The van der Waals surface area contributed by atoms with Crippen molar-refractivity contribution in [2.75, 3.05) is 31.8 Å². The van der Waals surface area contributed by atoms with Gasteiger partial charge in [-0.1, -0.05) is 25.1 Å². The number of rotatable bonds is 8. The van der Waals surface area contributed by atoms with Crippen molar-refractivity contribution in [3.05, 3.63) is 35.6 Å².